The summed E-state index contributed by atoms with van der Waals surface area (Å²) in [5.41, 5.74) is 1.26. The first-order valence-corrected chi connectivity index (χ1v) is 12.4. The average Bonchev–Trinajstić information content (AvgIpc) is 2.89. The number of ether oxygens (including phenoxy) is 2. The van der Waals surface area contributed by atoms with Gasteiger partial charge in [0, 0.05) is 38.2 Å². The van der Waals surface area contributed by atoms with Gasteiger partial charge in [-0.15, -0.1) is 0 Å². The molecule has 0 spiro atoms. The van der Waals surface area contributed by atoms with E-state index >= 15 is 0 Å². The molecule has 3 heterocycles. The van der Waals surface area contributed by atoms with Crippen LogP contribution in [0.3, 0.4) is 0 Å². The summed E-state index contributed by atoms with van der Waals surface area (Å²) in [6, 6.07) is 9.85. The Balaban J connectivity index is 1.31. The molecule has 1 amide bonds. The Morgan fingerprint density at radius 2 is 1.76 bits per heavy atom. The van der Waals surface area contributed by atoms with Crippen molar-refractivity contribution >= 4 is 17.7 Å². The van der Waals surface area contributed by atoms with Crippen molar-refractivity contribution in [3.8, 4) is 11.6 Å². The van der Waals surface area contributed by atoms with E-state index in [-0.39, 0.29) is 23.7 Å². The molecule has 182 valence electrons. The molecule has 34 heavy (non-hydrogen) atoms. The zero-order valence-electron chi connectivity index (χ0n) is 20.1. The van der Waals surface area contributed by atoms with Crippen molar-refractivity contribution in [1.82, 2.24) is 14.9 Å². The third kappa shape index (κ3) is 5.85. The van der Waals surface area contributed by atoms with Crippen LogP contribution in [0.5, 0.6) is 11.6 Å². The number of piperidine rings is 2. The summed E-state index contributed by atoms with van der Waals surface area (Å²) in [6.45, 7) is 7.00. The van der Waals surface area contributed by atoms with Gasteiger partial charge in [-0.2, -0.15) is 0 Å². The van der Waals surface area contributed by atoms with Crippen molar-refractivity contribution in [2.45, 2.75) is 46.0 Å². The molecule has 2 aliphatic rings. The van der Waals surface area contributed by atoms with Crippen molar-refractivity contribution in [3.63, 3.8) is 0 Å². The lowest BCUT2D eigenvalue weighted by Crippen LogP contribution is -2.47. The summed E-state index contributed by atoms with van der Waals surface area (Å²) < 4.78 is 11.1. The molecule has 8 nitrogen and oxygen atoms in total. The quantitative estimate of drug-likeness (QED) is 0.573. The molecule has 0 bridgehead atoms. The highest BCUT2D eigenvalue weighted by Crippen LogP contribution is 2.28. The molecule has 1 aromatic heterocycles. The van der Waals surface area contributed by atoms with E-state index in [1.54, 1.807) is 0 Å². The highest BCUT2D eigenvalue weighted by Gasteiger charge is 2.34. The van der Waals surface area contributed by atoms with E-state index in [4.69, 9.17) is 9.47 Å². The first kappa shape index (κ1) is 24.0. The van der Waals surface area contributed by atoms with Gasteiger partial charge in [-0.05, 0) is 56.7 Å². The van der Waals surface area contributed by atoms with Crippen LogP contribution < -0.4 is 9.64 Å². The van der Waals surface area contributed by atoms with Gasteiger partial charge in [0.25, 0.3) is 0 Å². The van der Waals surface area contributed by atoms with E-state index < -0.39 is 0 Å². The Morgan fingerprint density at radius 3 is 2.47 bits per heavy atom. The van der Waals surface area contributed by atoms with Crippen LogP contribution in [0.4, 0.5) is 5.82 Å². The molecule has 1 unspecified atom stereocenters. The first-order valence-electron chi connectivity index (χ1n) is 12.4. The minimum atomic E-state index is -0.199. The van der Waals surface area contributed by atoms with E-state index in [1.807, 2.05) is 30.0 Å². The predicted molar refractivity (Wildman–Crippen MR) is 129 cm³/mol. The number of nitrogens with zero attached hydrogens (tertiary/aromatic N) is 4. The van der Waals surface area contributed by atoms with Gasteiger partial charge in [-0.25, -0.2) is 9.97 Å². The molecular weight excluding hydrogens is 432 g/mol. The van der Waals surface area contributed by atoms with Crippen molar-refractivity contribution in [3.05, 3.63) is 42.2 Å². The lowest BCUT2D eigenvalue weighted by Gasteiger charge is -2.37. The van der Waals surface area contributed by atoms with Crippen LogP contribution >= 0.6 is 0 Å². The number of hydrogen-bond acceptors (Lipinski definition) is 7. The predicted octanol–water partition coefficient (Wildman–Crippen LogP) is 3.85. The number of likely N-dealkylation sites (tertiary alicyclic amines) is 1. The van der Waals surface area contributed by atoms with E-state index in [1.165, 1.54) is 11.9 Å². The molecule has 2 fully saturated rings. The monoisotopic (exact) mass is 466 g/mol. The average molecular weight is 467 g/mol. The van der Waals surface area contributed by atoms with Crippen molar-refractivity contribution < 1.29 is 19.1 Å². The lowest BCUT2D eigenvalue weighted by atomic mass is 9.92. The summed E-state index contributed by atoms with van der Waals surface area (Å²) in [4.78, 5) is 38.0. The maximum Gasteiger partial charge on any atom is 0.310 e. The van der Waals surface area contributed by atoms with E-state index in [0.717, 1.165) is 63.3 Å². The van der Waals surface area contributed by atoms with Crippen molar-refractivity contribution in [2.24, 2.45) is 11.8 Å². The molecule has 0 saturated carbocycles. The molecule has 1 atom stereocenters. The van der Waals surface area contributed by atoms with Gasteiger partial charge in [0.1, 0.15) is 17.9 Å². The number of esters is 1. The van der Waals surface area contributed by atoms with Gasteiger partial charge >= 0.3 is 5.97 Å². The fraction of sp³-hybridized carbons (Fsp3) is 0.538. The number of carbonyl (C=O) groups excluding carboxylic acids is 2. The summed E-state index contributed by atoms with van der Waals surface area (Å²) in [5, 5.41) is 0. The number of hydrogen-bond donors (Lipinski definition) is 0. The van der Waals surface area contributed by atoms with Crippen LogP contribution in [0.15, 0.2) is 36.7 Å². The molecule has 0 N–H and O–H groups in total. The Hall–Kier alpha value is -3.16. The summed E-state index contributed by atoms with van der Waals surface area (Å²) in [7, 11) is 0. The molecule has 2 aliphatic heterocycles. The van der Waals surface area contributed by atoms with Crippen LogP contribution in [-0.2, 0) is 20.7 Å². The Kier molecular flexibility index (Phi) is 7.98. The van der Waals surface area contributed by atoms with Gasteiger partial charge in [-0.1, -0.05) is 19.1 Å². The number of carbonyl (C=O) groups is 2. The summed E-state index contributed by atoms with van der Waals surface area (Å²) in [5.74, 6) is 1.82. The summed E-state index contributed by atoms with van der Waals surface area (Å²) >= 11 is 0. The molecule has 1 aromatic carbocycles. The number of amides is 1. The SMILES string of the molecule is CCOC(=O)C1CCCN(C(=O)C2CCN(c3cc(Oc4ccc(CC)cc4)ncn3)CC2)C1. The highest BCUT2D eigenvalue weighted by atomic mass is 16.5. The van der Waals surface area contributed by atoms with Crippen LogP contribution in [0.2, 0.25) is 0 Å². The fourth-order valence-corrected chi connectivity index (χ4v) is 4.72. The number of anilines is 1. The highest BCUT2D eigenvalue weighted by molar-refractivity contribution is 5.80. The largest absolute Gasteiger partial charge is 0.466 e. The summed E-state index contributed by atoms with van der Waals surface area (Å²) in [6.07, 6.45) is 5.67. The van der Waals surface area contributed by atoms with Crippen molar-refractivity contribution in [2.75, 3.05) is 37.7 Å². The maximum atomic E-state index is 13.1. The van der Waals surface area contributed by atoms with Gasteiger partial charge in [0.2, 0.25) is 11.8 Å². The number of benzene rings is 1. The van der Waals surface area contributed by atoms with E-state index in [9.17, 15) is 9.59 Å². The van der Waals surface area contributed by atoms with Crippen LogP contribution in [0.1, 0.15) is 45.1 Å². The fourth-order valence-electron chi connectivity index (χ4n) is 4.72. The minimum absolute atomic E-state index is 0.0215. The first-order chi connectivity index (χ1) is 16.6. The standard InChI is InChI=1S/C26H34N4O4/c1-3-19-7-9-22(10-8-19)34-24-16-23(27-18-28-24)29-14-11-20(12-15-29)25(31)30-13-5-6-21(17-30)26(32)33-4-2/h7-10,16,18,20-21H,3-6,11-15,17H2,1-2H3. The zero-order chi connectivity index (χ0) is 23.9. The second-order valence-electron chi connectivity index (χ2n) is 8.95. The van der Waals surface area contributed by atoms with E-state index in [0.29, 0.717) is 19.0 Å². The minimum Gasteiger partial charge on any atom is -0.466 e. The van der Waals surface area contributed by atoms with Crippen LogP contribution in [-0.4, -0.2) is 59.5 Å². The molecule has 0 radical (unpaired) electrons. The van der Waals surface area contributed by atoms with Crippen molar-refractivity contribution in [1.29, 1.82) is 0 Å². The maximum absolute atomic E-state index is 13.1. The van der Waals surface area contributed by atoms with Gasteiger partial charge in [-0.3, -0.25) is 9.59 Å². The molecule has 2 saturated heterocycles. The van der Waals surface area contributed by atoms with Gasteiger partial charge in [0.05, 0.1) is 12.5 Å². The Bertz CT molecular complexity index is 973. The van der Waals surface area contributed by atoms with Gasteiger partial charge in [0.15, 0.2) is 0 Å². The Labute approximate surface area is 201 Å². The third-order valence-corrected chi connectivity index (χ3v) is 6.70. The number of aromatic nitrogens is 2. The lowest BCUT2D eigenvalue weighted by molar-refractivity contribution is -0.152. The zero-order valence-corrected chi connectivity index (χ0v) is 20.1. The smallest absolute Gasteiger partial charge is 0.310 e. The normalized spacial score (nSPS) is 19.1. The van der Waals surface area contributed by atoms with Gasteiger partial charge < -0.3 is 19.3 Å². The number of aryl methyl sites for hydroxylation is 1. The topological polar surface area (TPSA) is 84.9 Å². The second kappa shape index (κ2) is 11.3. The Morgan fingerprint density at radius 1 is 1.00 bits per heavy atom. The molecule has 8 heteroatoms. The van der Waals surface area contributed by atoms with E-state index in [2.05, 4.69) is 33.9 Å². The third-order valence-electron chi connectivity index (χ3n) is 6.70. The van der Waals surface area contributed by atoms with Crippen LogP contribution in [0, 0.1) is 11.8 Å². The van der Waals surface area contributed by atoms with Crippen LogP contribution in [0.25, 0.3) is 0 Å². The second-order valence-corrected chi connectivity index (χ2v) is 8.95. The number of rotatable bonds is 7. The molecular formula is C26H34N4O4. The molecule has 0 aliphatic carbocycles. The molecule has 4 rings (SSSR count). The molecule has 2 aromatic rings.